The van der Waals surface area contributed by atoms with Crippen LogP contribution in [0.25, 0.3) is 0 Å². The standard InChI is InChI=1S/C21H17Cl2FN2O2/c1-28-20-8-5-14(21(27)26-16-6-7-17(22)18(23)11-16)10-19(20)25-12-13-3-2-4-15(24)9-13/h2-11,25H,12H2,1H3,(H,26,27). The number of halogens is 3. The molecular weight excluding hydrogens is 402 g/mol. The summed E-state index contributed by atoms with van der Waals surface area (Å²) in [7, 11) is 1.54. The number of ether oxygens (including phenoxy) is 1. The van der Waals surface area contributed by atoms with Crippen molar-refractivity contribution in [2.75, 3.05) is 17.7 Å². The van der Waals surface area contributed by atoms with E-state index < -0.39 is 0 Å². The molecule has 1 amide bonds. The van der Waals surface area contributed by atoms with Gasteiger partial charge in [0.1, 0.15) is 11.6 Å². The molecule has 4 nitrogen and oxygen atoms in total. The maximum Gasteiger partial charge on any atom is 0.255 e. The molecule has 0 saturated carbocycles. The molecule has 0 spiro atoms. The third-order valence-corrected chi connectivity index (χ3v) is 4.75. The predicted octanol–water partition coefficient (Wildman–Crippen LogP) is 6.01. The Labute approximate surface area is 172 Å². The van der Waals surface area contributed by atoms with E-state index in [1.807, 2.05) is 6.07 Å². The van der Waals surface area contributed by atoms with Gasteiger partial charge in [0.2, 0.25) is 0 Å². The molecule has 0 aliphatic rings. The van der Waals surface area contributed by atoms with Crippen LogP contribution < -0.4 is 15.4 Å². The highest BCUT2D eigenvalue weighted by molar-refractivity contribution is 6.42. The number of benzene rings is 3. The van der Waals surface area contributed by atoms with Crippen LogP contribution in [0.1, 0.15) is 15.9 Å². The monoisotopic (exact) mass is 418 g/mol. The SMILES string of the molecule is COc1ccc(C(=O)Nc2ccc(Cl)c(Cl)c2)cc1NCc1cccc(F)c1. The molecule has 0 heterocycles. The van der Waals surface area contributed by atoms with E-state index in [1.165, 1.54) is 19.2 Å². The summed E-state index contributed by atoms with van der Waals surface area (Å²) in [6.07, 6.45) is 0. The van der Waals surface area contributed by atoms with Gasteiger partial charge in [0.05, 0.1) is 22.8 Å². The van der Waals surface area contributed by atoms with Crippen molar-refractivity contribution in [3.63, 3.8) is 0 Å². The van der Waals surface area contributed by atoms with E-state index >= 15 is 0 Å². The van der Waals surface area contributed by atoms with Crippen molar-refractivity contribution >= 4 is 40.5 Å². The number of nitrogens with one attached hydrogen (secondary N) is 2. The summed E-state index contributed by atoms with van der Waals surface area (Å²) in [5.41, 5.74) is 2.35. The molecule has 0 bridgehead atoms. The van der Waals surface area contributed by atoms with Crippen molar-refractivity contribution < 1.29 is 13.9 Å². The minimum atomic E-state index is -0.310. The van der Waals surface area contributed by atoms with Crippen LogP contribution in [0.3, 0.4) is 0 Å². The lowest BCUT2D eigenvalue weighted by atomic mass is 10.1. The molecule has 144 valence electrons. The highest BCUT2D eigenvalue weighted by Crippen LogP contribution is 2.28. The predicted molar refractivity (Wildman–Crippen MR) is 111 cm³/mol. The average Bonchev–Trinajstić information content (AvgIpc) is 2.69. The van der Waals surface area contributed by atoms with Crippen LogP contribution in [0.5, 0.6) is 5.75 Å². The Morgan fingerprint density at radius 3 is 2.57 bits per heavy atom. The zero-order valence-electron chi connectivity index (χ0n) is 14.9. The molecule has 0 aromatic heterocycles. The summed E-state index contributed by atoms with van der Waals surface area (Å²) in [5, 5.41) is 6.71. The fourth-order valence-corrected chi connectivity index (χ4v) is 2.91. The van der Waals surface area contributed by atoms with Crippen LogP contribution in [-0.2, 0) is 6.54 Å². The Kier molecular flexibility index (Phi) is 6.39. The molecule has 2 N–H and O–H groups in total. The molecule has 3 rings (SSSR count). The van der Waals surface area contributed by atoms with Gasteiger partial charge in [-0.15, -0.1) is 0 Å². The van der Waals surface area contributed by atoms with Crippen molar-refractivity contribution in [3.05, 3.63) is 87.7 Å². The Morgan fingerprint density at radius 1 is 1.04 bits per heavy atom. The third kappa shape index (κ3) is 4.94. The number of anilines is 2. The molecule has 0 aliphatic carbocycles. The first-order valence-corrected chi connectivity index (χ1v) is 9.14. The number of hydrogen-bond donors (Lipinski definition) is 2. The first-order chi connectivity index (χ1) is 13.5. The highest BCUT2D eigenvalue weighted by atomic mass is 35.5. The zero-order chi connectivity index (χ0) is 20.1. The van der Waals surface area contributed by atoms with Crippen LogP contribution in [0.2, 0.25) is 10.0 Å². The molecule has 28 heavy (non-hydrogen) atoms. The first kappa shape index (κ1) is 20.0. The van der Waals surface area contributed by atoms with E-state index in [1.54, 1.807) is 42.5 Å². The number of rotatable bonds is 6. The Bertz CT molecular complexity index is 1010. The van der Waals surface area contributed by atoms with E-state index in [0.29, 0.717) is 39.3 Å². The molecule has 0 aliphatic heterocycles. The number of hydrogen-bond acceptors (Lipinski definition) is 3. The fraction of sp³-hybridized carbons (Fsp3) is 0.0952. The van der Waals surface area contributed by atoms with E-state index in [9.17, 15) is 9.18 Å². The van der Waals surface area contributed by atoms with Crippen LogP contribution in [0, 0.1) is 5.82 Å². The topological polar surface area (TPSA) is 50.4 Å². The normalized spacial score (nSPS) is 10.4. The van der Waals surface area contributed by atoms with E-state index in [0.717, 1.165) is 5.56 Å². The molecule has 0 saturated heterocycles. The Hall–Kier alpha value is -2.76. The van der Waals surface area contributed by atoms with Gasteiger partial charge in [-0.1, -0.05) is 35.3 Å². The molecule has 0 radical (unpaired) electrons. The van der Waals surface area contributed by atoms with Crippen LogP contribution in [0.15, 0.2) is 60.7 Å². The smallest absolute Gasteiger partial charge is 0.255 e. The number of methoxy groups -OCH3 is 1. The lowest BCUT2D eigenvalue weighted by Gasteiger charge is -2.13. The van der Waals surface area contributed by atoms with Crippen molar-refractivity contribution in [2.45, 2.75) is 6.54 Å². The summed E-state index contributed by atoms with van der Waals surface area (Å²) >= 11 is 11.9. The van der Waals surface area contributed by atoms with Gasteiger partial charge in [0, 0.05) is 17.8 Å². The van der Waals surface area contributed by atoms with Crippen LogP contribution in [0.4, 0.5) is 15.8 Å². The molecule has 7 heteroatoms. The minimum absolute atomic E-state index is 0.305. The van der Waals surface area contributed by atoms with Gasteiger partial charge in [-0.3, -0.25) is 4.79 Å². The van der Waals surface area contributed by atoms with E-state index in [-0.39, 0.29) is 11.7 Å². The van der Waals surface area contributed by atoms with Gasteiger partial charge in [-0.25, -0.2) is 4.39 Å². The minimum Gasteiger partial charge on any atom is -0.495 e. The quantitative estimate of drug-likeness (QED) is 0.515. The van der Waals surface area contributed by atoms with Crippen molar-refractivity contribution in [1.82, 2.24) is 0 Å². The lowest BCUT2D eigenvalue weighted by molar-refractivity contribution is 0.102. The van der Waals surface area contributed by atoms with Gasteiger partial charge < -0.3 is 15.4 Å². The van der Waals surface area contributed by atoms with Crippen LogP contribution in [-0.4, -0.2) is 13.0 Å². The zero-order valence-corrected chi connectivity index (χ0v) is 16.4. The maximum atomic E-state index is 13.3. The number of amides is 1. The summed E-state index contributed by atoms with van der Waals surface area (Å²) in [5.74, 6) is -0.0432. The molecule has 0 unspecified atom stereocenters. The second kappa shape index (κ2) is 8.95. The van der Waals surface area contributed by atoms with E-state index in [4.69, 9.17) is 27.9 Å². The molecule has 0 fully saturated rings. The van der Waals surface area contributed by atoms with Crippen LogP contribution >= 0.6 is 23.2 Å². The maximum absolute atomic E-state index is 13.3. The van der Waals surface area contributed by atoms with Gasteiger partial charge in [-0.05, 0) is 54.1 Å². The van der Waals surface area contributed by atoms with Gasteiger partial charge in [-0.2, -0.15) is 0 Å². The number of carbonyl (C=O) groups excluding carboxylic acids is 1. The highest BCUT2D eigenvalue weighted by Gasteiger charge is 2.11. The van der Waals surface area contributed by atoms with Crippen molar-refractivity contribution in [1.29, 1.82) is 0 Å². The molecular formula is C21H17Cl2FN2O2. The summed E-state index contributed by atoms with van der Waals surface area (Å²) in [6.45, 7) is 0.381. The largest absolute Gasteiger partial charge is 0.495 e. The first-order valence-electron chi connectivity index (χ1n) is 8.39. The third-order valence-electron chi connectivity index (χ3n) is 4.01. The fourth-order valence-electron chi connectivity index (χ4n) is 2.61. The number of carbonyl (C=O) groups is 1. The lowest BCUT2D eigenvalue weighted by Crippen LogP contribution is -2.12. The Morgan fingerprint density at radius 2 is 1.86 bits per heavy atom. The van der Waals surface area contributed by atoms with E-state index in [2.05, 4.69) is 10.6 Å². The molecule has 3 aromatic carbocycles. The second-order valence-corrected chi connectivity index (χ2v) is 6.80. The molecule has 3 aromatic rings. The van der Waals surface area contributed by atoms with Gasteiger partial charge >= 0.3 is 0 Å². The molecule has 0 atom stereocenters. The summed E-state index contributed by atoms with van der Waals surface area (Å²) in [4.78, 5) is 12.6. The summed E-state index contributed by atoms with van der Waals surface area (Å²) < 4.78 is 18.7. The Balaban J connectivity index is 1.77. The summed E-state index contributed by atoms with van der Waals surface area (Å²) in [6, 6.07) is 16.2. The van der Waals surface area contributed by atoms with Gasteiger partial charge in [0.15, 0.2) is 0 Å². The van der Waals surface area contributed by atoms with Gasteiger partial charge in [0.25, 0.3) is 5.91 Å². The second-order valence-electron chi connectivity index (χ2n) is 5.98. The van der Waals surface area contributed by atoms with Crippen molar-refractivity contribution in [2.24, 2.45) is 0 Å². The van der Waals surface area contributed by atoms with Crippen molar-refractivity contribution in [3.8, 4) is 5.75 Å². The average molecular weight is 419 g/mol.